The summed E-state index contributed by atoms with van der Waals surface area (Å²) in [6, 6.07) is 19.9. The molecule has 1 aliphatic heterocycles. The minimum atomic E-state index is -0.471. The Bertz CT molecular complexity index is 1200. The van der Waals surface area contributed by atoms with Crippen LogP contribution in [-0.2, 0) is 4.74 Å². The lowest BCUT2D eigenvalue weighted by molar-refractivity contribution is 0.0525. The predicted octanol–water partition coefficient (Wildman–Crippen LogP) is 4.07. The molecule has 4 rings (SSSR count). The van der Waals surface area contributed by atoms with Gasteiger partial charge in [0.2, 0.25) is 0 Å². The molecule has 0 bridgehead atoms. The normalized spacial score (nSPS) is 12.5. The van der Waals surface area contributed by atoms with Gasteiger partial charge >= 0.3 is 5.97 Å². The minimum Gasteiger partial charge on any atom is -0.462 e. The van der Waals surface area contributed by atoms with Crippen molar-refractivity contribution in [1.82, 2.24) is 4.90 Å². The molecular weight excluding hydrogens is 420 g/mol. The zero-order chi connectivity index (χ0) is 23.5. The SMILES string of the molecule is CCOC(=O)c1ccc(N(CN2C(=O)c3ccccc3C2=O)C(=O)c2ccc(C)cc2)cc1. The van der Waals surface area contributed by atoms with Gasteiger partial charge in [0.15, 0.2) is 0 Å². The number of carbonyl (C=O) groups excluding carboxylic acids is 4. The van der Waals surface area contributed by atoms with Gasteiger partial charge in [-0.3, -0.25) is 24.2 Å². The number of benzene rings is 3. The number of imide groups is 1. The van der Waals surface area contributed by atoms with Crippen LogP contribution in [0.25, 0.3) is 0 Å². The maximum Gasteiger partial charge on any atom is 0.338 e. The molecule has 1 heterocycles. The van der Waals surface area contributed by atoms with E-state index >= 15 is 0 Å². The smallest absolute Gasteiger partial charge is 0.338 e. The first-order valence-electron chi connectivity index (χ1n) is 10.5. The summed E-state index contributed by atoms with van der Waals surface area (Å²) < 4.78 is 5.01. The van der Waals surface area contributed by atoms with E-state index in [1.54, 1.807) is 67.6 Å². The number of anilines is 1. The molecule has 0 aliphatic carbocycles. The molecule has 33 heavy (non-hydrogen) atoms. The van der Waals surface area contributed by atoms with Crippen LogP contribution in [0.5, 0.6) is 0 Å². The third kappa shape index (κ3) is 4.25. The Hall–Kier alpha value is -4.26. The number of fused-ring (bicyclic) bond motifs is 1. The number of hydrogen-bond acceptors (Lipinski definition) is 5. The molecule has 0 spiro atoms. The summed E-state index contributed by atoms with van der Waals surface area (Å²) in [5.41, 5.74) is 2.80. The van der Waals surface area contributed by atoms with Crippen molar-refractivity contribution >= 4 is 29.4 Å². The van der Waals surface area contributed by atoms with Gasteiger partial charge in [-0.25, -0.2) is 4.79 Å². The van der Waals surface area contributed by atoms with E-state index in [0.29, 0.717) is 27.9 Å². The van der Waals surface area contributed by atoms with E-state index in [2.05, 4.69) is 0 Å². The first kappa shape index (κ1) is 22.0. The molecule has 7 heteroatoms. The fourth-order valence-corrected chi connectivity index (χ4v) is 3.62. The van der Waals surface area contributed by atoms with E-state index < -0.39 is 17.8 Å². The second-order valence-electron chi connectivity index (χ2n) is 7.59. The highest BCUT2D eigenvalue weighted by Crippen LogP contribution is 2.26. The molecule has 166 valence electrons. The molecule has 0 fully saturated rings. The Morgan fingerprint density at radius 3 is 1.91 bits per heavy atom. The predicted molar refractivity (Wildman–Crippen MR) is 122 cm³/mol. The van der Waals surface area contributed by atoms with Crippen molar-refractivity contribution in [3.8, 4) is 0 Å². The van der Waals surface area contributed by atoms with Gasteiger partial charge in [-0.05, 0) is 62.4 Å². The van der Waals surface area contributed by atoms with E-state index in [1.807, 2.05) is 19.1 Å². The number of carbonyl (C=O) groups is 4. The van der Waals surface area contributed by atoms with Crippen LogP contribution in [0, 0.1) is 6.92 Å². The van der Waals surface area contributed by atoms with Crippen LogP contribution in [0.1, 0.15) is 53.9 Å². The number of rotatable bonds is 6. The van der Waals surface area contributed by atoms with Crippen molar-refractivity contribution in [3.05, 3.63) is 101 Å². The fourth-order valence-electron chi connectivity index (χ4n) is 3.62. The quantitative estimate of drug-likeness (QED) is 0.424. The Balaban J connectivity index is 1.68. The van der Waals surface area contributed by atoms with Crippen LogP contribution in [-0.4, -0.2) is 41.9 Å². The highest BCUT2D eigenvalue weighted by atomic mass is 16.5. The van der Waals surface area contributed by atoms with Gasteiger partial charge < -0.3 is 4.74 Å². The van der Waals surface area contributed by atoms with Crippen molar-refractivity contribution in [2.24, 2.45) is 0 Å². The second kappa shape index (κ2) is 9.08. The van der Waals surface area contributed by atoms with Crippen molar-refractivity contribution in [2.45, 2.75) is 13.8 Å². The van der Waals surface area contributed by atoms with E-state index in [0.717, 1.165) is 10.5 Å². The molecule has 0 N–H and O–H groups in total. The minimum absolute atomic E-state index is 0.248. The van der Waals surface area contributed by atoms with Crippen molar-refractivity contribution in [3.63, 3.8) is 0 Å². The summed E-state index contributed by atoms with van der Waals surface area (Å²) in [5.74, 6) is -1.77. The van der Waals surface area contributed by atoms with E-state index in [-0.39, 0.29) is 19.2 Å². The van der Waals surface area contributed by atoms with Crippen LogP contribution in [0.15, 0.2) is 72.8 Å². The van der Waals surface area contributed by atoms with Crippen LogP contribution < -0.4 is 4.90 Å². The number of amides is 3. The number of hydrogen-bond donors (Lipinski definition) is 0. The Kier molecular flexibility index (Phi) is 6.04. The van der Waals surface area contributed by atoms with Gasteiger partial charge in [-0.2, -0.15) is 0 Å². The average Bonchev–Trinajstić information content (AvgIpc) is 3.07. The van der Waals surface area contributed by atoms with Crippen LogP contribution in [0.4, 0.5) is 5.69 Å². The van der Waals surface area contributed by atoms with Gasteiger partial charge in [0.25, 0.3) is 17.7 Å². The fraction of sp³-hybridized carbons (Fsp3) is 0.154. The summed E-state index contributed by atoms with van der Waals surface area (Å²) in [6.45, 7) is 3.62. The lowest BCUT2D eigenvalue weighted by atomic mass is 10.1. The largest absolute Gasteiger partial charge is 0.462 e. The standard InChI is InChI=1S/C26H22N2O5/c1-3-33-26(32)19-12-14-20(15-13-19)27(23(29)18-10-8-17(2)9-11-18)16-28-24(30)21-6-4-5-7-22(21)25(28)31/h4-15H,3,16H2,1-2H3. The molecule has 0 aromatic heterocycles. The third-order valence-corrected chi connectivity index (χ3v) is 5.39. The summed E-state index contributed by atoms with van der Waals surface area (Å²) in [6.07, 6.45) is 0. The van der Waals surface area contributed by atoms with Crippen LogP contribution in [0.2, 0.25) is 0 Å². The number of esters is 1. The van der Waals surface area contributed by atoms with Gasteiger partial charge in [-0.15, -0.1) is 0 Å². The molecule has 3 aromatic rings. The first-order valence-corrected chi connectivity index (χ1v) is 10.5. The Morgan fingerprint density at radius 2 is 1.36 bits per heavy atom. The first-order chi connectivity index (χ1) is 15.9. The van der Waals surface area contributed by atoms with Crippen molar-refractivity contribution in [2.75, 3.05) is 18.2 Å². The number of ether oxygens (including phenoxy) is 1. The lowest BCUT2D eigenvalue weighted by Gasteiger charge is -2.27. The third-order valence-electron chi connectivity index (χ3n) is 5.39. The molecular formula is C26H22N2O5. The van der Waals surface area contributed by atoms with Gasteiger partial charge in [-0.1, -0.05) is 29.8 Å². The molecule has 3 amide bonds. The summed E-state index contributed by atoms with van der Waals surface area (Å²) in [7, 11) is 0. The average molecular weight is 442 g/mol. The molecule has 0 saturated carbocycles. The molecule has 1 aliphatic rings. The van der Waals surface area contributed by atoms with E-state index in [4.69, 9.17) is 4.74 Å². The maximum absolute atomic E-state index is 13.4. The highest BCUT2D eigenvalue weighted by molar-refractivity contribution is 6.22. The van der Waals surface area contributed by atoms with Gasteiger partial charge in [0, 0.05) is 11.3 Å². The van der Waals surface area contributed by atoms with Gasteiger partial charge in [0.05, 0.1) is 23.3 Å². The monoisotopic (exact) mass is 442 g/mol. The van der Waals surface area contributed by atoms with E-state index in [1.165, 1.54) is 4.90 Å². The molecule has 3 aromatic carbocycles. The molecule has 7 nitrogen and oxygen atoms in total. The lowest BCUT2D eigenvalue weighted by Crippen LogP contribution is -2.44. The van der Waals surface area contributed by atoms with Crippen molar-refractivity contribution < 1.29 is 23.9 Å². The molecule has 0 atom stereocenters. The maximum atomic E-state index is 13.4. The summed E-state index contributed by atoms with van der Waals surface area (Å²) in [4.78, 5) is 53.6. The van der Waals surface area contributed by atoms with Crippen molar-refractivity contribution in [1.29, 1.82) is 0 Å². The van der Waals surface area contributed by atoms with Gasteiger partial charge in [0.1, 0.15) is 6.67 Å². The number of nitrogens with zero attached hydrogens (tertiary/aromatic N) is 2. The molecule has 0 saturated heterocycles. The zero-order valence-corrected chi connectivity index (χ0v) is 18.3. The van der Waals surface area contributed by atoms with E-state index in [9.17, 15) is 19.2 Å². The van der Waals surface area contributed by atoms with Crippen LogP contribution in [0.3, 0.4) is 0 Å². The van der Waals surface area contributed by atoms with Crippen LogP contribution >= 0.6 is 0 Å². The molecule has 0 unspecified atom stereocenters. The highest BCUT2D eigenvalue weighted by Gasteiger charge is 2.37. The zero-order valence-electron chi connectivity index (χ0n) is 18.3. The summed E-state index contributed by atoms with van der Waals surface area (Å²) >= 11 is 0. The second-order valence-corrected chi connectivity index (χ2v) is 7.59. The Morgan fingerprint density at radius 1 is 0.818 bits per heavy atom. The Labute approximate surface area is 191 Å². The molecule has 0 radical (unpaired) electrons. The number of aryl methyl sites for hydroxylation is 1. The topological polar surface area (TPSA) is 84.0 Å². The summed E-state index contributed by atoms with van der Waals surface area (Å²) in [5, 5.41) is 0.